The average Bonchev–Trinajstić information content (AvgIpc) is 3.23. The van der Waals surface area contributed by atoms with Gasteiger partial charge < -0.3 is 20.9 Å². The van der Waals surface area contributed by atoms with Gasteiger partial charge in [0.2, 0.25) is 11.8 Å². The van der Waals surface area contributed by atoms with Crippen LogP contribution in [0.2, 0.25) is 0 Å². The average molecular weight is 457 g/mol. The number of hydrazone groups is 1. The zero-order valence-electron chi connectivity index (χ0n) is 20.1. The van der Waals surface area contributed by atoms with Gasteiger partial charge in [0.15, 0.2) is 0 Å². The highest BCUT2D eigenvalue weighted by molar-refractivity contribution is 6.40. The Morgan fingerprint density at radius 3 is 2.36 bits per heavy atom. The van der Waals surface area contributed by atoms with Crippen LogP contribution in [0, 0.1) is 11.3 Å². The lowest BCUT2D eigenvalue weighted by Gasteiger charge is -2.33. The molecule has 1 aromatic carbocycles. The number of primary amides is 1. The molecule has 180 valence electrons. The predicted octanol–water partition coefficient (Wildman–Crippen LogP) is 1.05. The predicted molar refractivity (Wildman–Crippen MR) is 129 cm³/mol. The number of carbonyl (C=O) groups is 3. The van der Waals surface area contributed by atoms with E-state index in [0.717, 1.165) is 12.2 Å². The van der Waals surface area contributed by atoms with Crippen molar-refractivity contribution in [1.82, 2.24) is 15.1 Å². The van der Waals surface area contributed by atoms with Gasteiger partial charge in [0.25, 0.3) is 5.91 Å². The second-order valence-corrected chi connectivity index (χ2v) is 10.0. The largest absolute Gasteiger partial charge is 0.368 e. The minimum atomic E-state index is -0.680. The smallest absolute Gasteiger partial charge is 0.270 e. The highest BCUT2D eigenvalue weighted by Crippen LogP contribution is 2.26. The van der Waals surface area contributed by atoms with Crippen molar-refractivity contribution in [2.24, 2.45) is 22.2 Å². The SMILES string of the molecule is CN(C)CC(C)(C)CNC(=O)C1CCN(C(=O)C2=NN(c3ccccc3)C(C(N)=O)C2)CC1. The third kappa shape index (κ3) is 6.31. The van der Waals surface area contributed by atoms with Gasteiger partial charge in [-0.15, -0.1) is 0 Å². The van der Waals surface area contributed by atoms with Crippen LogP contribution < -0.4 is 16.1 Å². The molecule has 1 aromatic rings. The third-order valence-corrected chi connectivity index (χ3v) is 6.14. The third-order valence-electron chi connectivity index (χ3n) is 6.14. The molecule has 2 aliphatic rings. The fourth-order valence-electron chi connectivity index (χ4n) is 4.59. The van der Waals surface area contributed by atoms with Gasteiger partial charge in [-0.3, -0.25) is 19.4 Å². The van der Waals surface area contributed by atoms with E-state index < -0.39 is 11.9 Å². The maximum absolute atomic E-state index is 13.1. The standard InChI is InChI=1S/C24H36N6O3/c1-24(2,16-28(3)4)15-26-22(32)17-10-12-29(13-11-17)23(33)19-14-20(21(25)31)30(27-19)18-8-6-5-7-9-18/h5-9,17,20H,10-16H2,1-4H3,(H2,25,31)(H,26,32). The molecule has 1 saturated heterocycles. The number of hydrogen-bond acceptors (Lipinski definition) is 6. The van der Waals surface area contributed by atoms with Crippen molar-refractivity contribution in [3.8, 4) is 0 Å². The Bertz CT molecular complexity index is 891. The summed E-state index contributed by atoms with van der Waals surface area (Å²) in [6.45, 7) is 6.75. The van der Waals surface area contributed by atoms with Crippen LogP contribution in [0.1, 0.15) is 33.1 Å². The molecule has 0 saturated carbocycles. The molecule has 9 heteroatoms. The Kier molecular flexibility index (Phi) is 7.73. The molecule has 0 spiro atoms. The van der Waals surface area contributed by atoms with Gasteiger partial charge in [0, 0.05) is 38.5 Å². The van der Waals surface area contributed by atoms with Crippen molar-refractivity contribution in [1.29, 1.82) is 0 Å². The highest BCUT2D eigenvalue weighted by Gasteiger charge is 2.38. The number of benzene rings is 1. The Morgan fingerprint density at radius 2 is 1.79 bits per heavy atom. The molecule has 1 atom stereocenters. The molecule has 1 unspecified atom stereocenters. The summed E-state index contributed by atoms with van der Waals surface area (Å²) < 4.78 is 0. The summed E-state index contributed by atoms with van der Waals surface area (Å²) in [4.78, 5) is 41.6. The molecule has 2 aliphatic heterocycles. The molecule has 1 fully saturated rings. The topological polar surface area (TPSA) is 111 Å². The first kappa shape index (κ1) is 24.7. The lowest BCUT2D eigenvalue weighted by Crippen LogP contribution is -2.47. The Balaban J connectivity index is 1.56. The van der Waals surface area contributed by atoms with Crippen LogP contribution >= 0.6 is 0 Å². The Labute approximate surface area is 196 Å². The number of nitrogens with two attached hydrogens (primary N) is 1. The number of piperidine rings is 1. The molecular formula is C24H36N6O3. The maximum atomic E-state index is 13.1. The van der Waals surface area contributed by atoms with E-state index in [4.69, 9.17) is 5.73 Å². The van der Waals surface area contributed by atoms with Gasteiger partial charge in [-0.05, 0) is 44.5 Å². The van der Waals surface area contributed by atoms with Gasteiger partial charge in [-0.1, -0.05) is 32.0 Å². The molecule has 0 radical (unpaired) electrons. The lowest BCUT2D eigenvalue weighted by atomic mass is 9.91. The van der Waals surface area contributed by atoms with Crippen LogP contribution in [-0.2, 0) is 14.4 Å². The van der Waals surface area contributed by atoms with E-state index in [-0.39, 0.29) is 29.6 Å². The summed E-state index contributed by atoms with van der Waals surface area (Å²) in [5.41, 5.74) is 6.61. The van der Waals surface area contributed by atoms with Crippen LogP contribution in [0.15, 0.2) is 35.4 Å². The number of hydrogen-bond donors (Lipinski definition) is 2. The molecule has 9 nitrogen and oxygen atoms in total. The van der Waals surface area contributed by atoms with Crippen LogP contribution in [0.5, 0.6) is 0 Å². The van der Waals surface area contributed by atoms with Crippen molar-refractivity contribution >= 4 is 29.1 Å². The van der Waals surface area contributed by atoms with E-state index in [0.29, 0.717) is 38.2 Å². The minimum Gasteiger partial charge on any atom is -0.368 e. The quantitative estimate of drug-likeness (QED) is 0.607. The van der Waals surface area contributed by atoms with Crippen molar-refractivity contribution in [3.63, 3.8) is 0 Å². The molecule has 3 N–H and O–H groups in total. The maximum Gasteiger partial charge on any atom is 0.270 e. The van der Waals surface area contributed by atoms with E-state index in [1.54, 1.807) is 4.90 Å². The summed E-state index contributed by atoms with van der Waals surface area (Å²) in [5, 5.41) is 9.07. The fraction of sp³-hybridized carbons (Fsp3) is 0.583. The Morgan fingerprint density at radius 1 is 1.15 bits per heavy atom. The number of nitrogens with one attached hydrogen (secondary N) is 1. The Hall–Kier alpha value is -2.94. The van der Waals surface area contributed by atoms with Gasteiger partial charge in [0.05, 0.1) is 5.69 Å². The van der Waals surface area contributed by atoms with Crippen molar-refractivity contribution < 1.29 is 14.4 Å². The number of likely N-dealkylation sites (tertiary alicyclic amines) is 1. The van der Waals surface area contributed by atoms with E-state index in [2.05, 4.69) is 29.2 Å². The molecule has 3 rings (SSSR count). The molecular weight excluding hydrogens is 420 g/mol. The molecule has 2 heterocycles. The van der Waals surface area contributed by atoms with E-state index in [9.17, 15) is 14.4 Å². The molecule has 0 bridgehead atoms. The lowest BCUT2D eigenvalue weighted by molar-refractivity contribution is -0.131. The van der Waals surface area contributed by atoms with E-state index in [1.165, 1.54) is 5.01 Å². The summed E-state index contributed by atoms with van der Waals surface area (Å²) in [6.07, 6.45) is 1.41. The summed E-state index contributed by atoms with van der Waals surface area (Å²) in [7, 11) is 4.05. The fourth-order valence-corrected chi connectivity index (χ4v) is 4.59. The molecule has 0 aliphatic carbocycles. The number of anilines is 1. The second-order valence-electron chi connectivity index (χ2n) is 10.0. The number of amides is 3. The summed E-state index contributed by atoms with van der Waals surface area (Å²) in [6, 6.07) is 8.55. The van der Waals surface area contributed by atoms with E-state index >= 15 is 0 Å². The molecule has 3 amide bonds. The van der Waals surface area contributed by atoms with Crippen molar-refractivity contribution in [2.75, 3.05) is 45.3 Å². The zero-order chi connectivity index (χ0) is 24.2. The van der Waals surface area contributed by atoms with Gasteiger partial charge in [-0.2, -0.15) is 5.10 Å². The van der Waals surface area contributed by atoms with Crippen LogP contribution in [0.4, 0.5) is 5.69 Å². The normalized spacial score (nSPS) is 19.5. The number of nitrogens with zero attached hydrogens (tertiary/aromatic N) is 4. The van der Waals surface area contributed by atoms with Crippen molar-refractivity contribution in [2.45, 2.75) is 39.2 Å². The minimum absolute atomic E-state index is 0.0158. The molecule has 33 heavy (non-hydrogen) atoms. The zero-order valence-corrected chi connectivity index (χ0v) is 20.1. The van der Waals surface area contributed by atoms with E-state index in [1.807, 2.05) is 44.4 Å². The van der Waals surface area contributed by atoms with Gasteiger partial charge >= 0.3 is 0 Å². The summed E-state index contributed by atoms with van der Waals surface area (Å²) >= 11 is 0. The van der Waals surface area contributed by atoms with Crippen molar-refractivity contribution in [3.05, 3.63) is 30.3 Å². The highest BCUT2D eigenvalue weighted by atomic mass is 16.2. The number of para-hydroxylation sites is 1. The second kappa shape index (κ2) is 10.3. The monoisotopic (exact) mass is 456 g/mol. The van der Waals surface area contributed by atoms with Crippen LogP contribution in [-0.4, -0.2) is 79.5 Å². The number of rotatable bonds is 8. The van der Waals surface area contributed by atoms with Gasteiger partial charge in [0.1, 0.15) is 11.8 Å². The first-order valence-electron chi connectivity index (χ1n) is 11.5. The van der Waals surface area contributed by atoms with Gasteiger partial charge in [-0.25, -0.2) is 0 Å². The first-order valence-corrected chi connectivity index (χ1v) is 11.5. The number of carbonyl (C=O) groups excluding carboxylic acids is 3. The molecule has 0 aromatic heterocycles. The van der Waals surface area contributed by atoms with Crippen LogP contribution in [0.3, 0.4) is 0 Å². The summed E-state index contributed by atoms with van der Waals surface area (Å²) in [5.74, 6) is -0.756. The van der Waals surface area contributed by atoms with Crippen LogP contribution in [0.25, 0.3) is 0 Å². The first-order chi connectivity index (χ1) is 15.6.